The van der Waals surface area contributed by atoms with Crippen LogP contribution in [-0.4, -0.2) is 46.0 Å². The van der Waals surface area contributed by atoms with Crippen molar-refractivity contribution in [2.75, 3.05) is 29.5 Å². The van der Waals surface area contributed by atoms with E-state index >= 15 is 0 Å². The van der Waals surface area contributed by atoms with Crippen LogP contribution < -0.4 is 10.2 Å². The van der Waals surface area contributed by atoms with E-state index in [-0.39, 0.29) is 17.8 Å². The SMILES string of the molecule is CC(=S)NC[C@H]1CN(c2ccc(C3CCS(=N)(=O)CC3)c(F)c2)C(=O)O1. The Labute approximate surface area is 158 Å². The smallest absolute Gasteiger partial charge is 0.414 e. The van der Waals surface area contributed by atoms with Gasteiger partial charge < -0.3 is 10.1 Å². The Balaban J connectivity index is 1.69. The molecule has 3 rings (SSSR count). The molecule has 0 aromatic heterocycles. The number of cyclic esters (lactones) is 1. The zero-order valence-electron chi connectivity index (χ0n) is 14.5. The lowest BCUT2D eigenvalue weighted by Crippen LogP contribution is -2.32. The van der Waals surface area contributed by atoms with Crippen molar-refractivity contribution >= 4 is 38.7 Å². The summed E-state index contributed by atoms with van der Waals surface area (Å²) in [6.07, 6.45) is 0.258. The normalized spacial score (nSPS) is 28.7. The number of hydrogen-bond donors (Lipinski definition) is 2. The van der Waals surface area contributed by atoms with Crippen LogP contribution in [0.15, 0.2) is 18.2 Å². The van der Waals surface area contributed by atoms with Crippen LogP contribution in [0, 0.1) is 10.6 Å². The summed E-state index contributed by atoms with van der Waals surface area (Å²) in [5, 5.41) is 2.96. The van der Waals surface area contributed by atoms with Crippen molar-refractivity contribution in [2.24, 2.45) is 0 Å². The van der Waals surface area contributed by atoms with E-state index < -0.39 is 15.8 Å². The minimum atomic E-state index is -2.49. The van der Waals surface area contributed by atoms with E-state index in [2.05, 4.69) is 5.32 Å². The van der Waals surface area contributed by atoms with Crippen molar-refractivity contribution in [1.82, 2.24) is 5.32 Å². The third kappa shape index (κ3) is 4.32. The number of ether oxygens (including phenoxy) is 1. The second kappa shape index (κ2) is 7.48. The fourth-order valence-corrected chi connectivity index (χ4v) is 4.95. The van der Waals surface area contributed by atoms with E-state index in [1.807, 2.05) is 0 Å². The molecule has 1 aromatic carbocycles. The van der Waals surface area contributed by atoms with Gasteiger partial charge in [0.15, 0.2) is 0 Å². The second-order valence-corrected chi connectivity index (χ2v) is 9.81. The molecule has 0 bridgehead atoms. The predicted molar refractivity (Wildman–Crippen MR) is 103 cm³/mol. The van der Waals surface area contributed by atoms with Gasteiger partial charge in [0.25, 0.3) is 0 Å². The number of thiocarbonyl (C=S) groups is 1. The molecule has 1 amide bonds. The number of anilines is 1. The molecule has 2 saturated heterocycles. The Morgan fingerprint density at radius 1 is 1.46 bits per heavy atom. The van der Waals surface area contributed by atoms with Crippen molar-refractivity contribution in [3.05, 3.63) is 29.6 Å². The van der Waals surface area contributed by atoms with Crippen LogP contribution in [0.3, 0.4) is 0 Å². The Kier molecular flexibility index (Phi) is 5.47. The standard InChI is InChI=1S/C17H22FN3O3S2/c1-11(25)20-9-14-10-21(17(22)24-14)13-2-3-15(16(18)8-13)12-4-6-26(19,23)7-5-12/h2-3,8,12,14,19H,4-7,9-10H2,1H3,(H,20,25)/t12?,14-,26?/m0/s1. The number of rotatable bonds is 4. The lowest BCUT2D eigenvalue weighted by molar-refractivity contribution is 0.143. The maximum atomic E-state index is 14.6. The molecule has 2 aliphatic heterocycles. The van der Waals surface area contributed by atoms with Gasteiger partial charge >= 0.3 is 6.09 Å². The van der Waals surface area contributed by atoms with Crippen molar-refractivity contribution in [3.8, 4) is 0 Å². The van der Waals surface area contributed by atoms with Crippen LogP contribution in [0.1, 0.15) is 31.2 Å². The van der Waals surface area contributed by atoms with Crippen molar-refractivity contribution < 1.29 is 18.1 Å². The van der Waals surface area contributed by atoms with Gasteiger partial charge in [-0.1, -0.05) is 18.3 Å². The van der Waals surface area contributed by atoms with Gasteiger partial charge in [-0.2, -0.15) is 0 Å². The Morgan fingerprint density at radius 3 is 2.77 bits per heavy atom. The van der Waals surface area contributed by atoms with Crippen LogP contribution in [0.25, 0.3) is 0 Å². The van der Waals surface area contributed by atoms with Crippen LogP contribution in [0.4, 0.5) is 14.9 Å². The van der Waals surface area contributed by atoms with Crippen LogP contribution in [0.5, 0.6) is 0 Å². The van der Waals surface area contributed by atoms with E-state index in [1.54, 1.807) is 19.1 Å². The first-order valence-corrected chi connectivity index (χ1v) is 10.8. The molecule has 142 valence electrons. The average molecular weight is 400 g/mol. The molecule has 6 nitrogen and oxygen atoms in total. The summed E-state index contributed by atoms with van der Waals surface area (Å²) in [6, 6.07) is 4.75. The van der Waals surface area contributed by atoms with E-state index in [4.69, 9.17) is 21.7 Å². The van der Waals surface area contributed by atoms with Gasteiger partial charge in [0.2, 0.25) is 0 Å². The van der Waals surface area contributed by atoms with Gasteiger partial charge in [0.05, 0.1) is 23.8 Å². The zero-order valence-corrected chi connectivity index (χ0v) is 16.1. The summed E-state index contributed by atoms with van der Waals surface area (Å²) >= 11 is 4.95. The molecule has 1 atom stereocenters. The lowest BCUT2D eigenvalue weighted by Gasteiger charge is -2.25. The molecule has 2 aliphatic rings. The molecule has 1 aromatic rings. The zero-order chi connectivity index (χ0) is 18.9. The first-order chi connectivity index (χ1) is 12.2. The molecule has 26 heavy (non-hydrogen) atoms. The van der Waals surface area contributed by atoms with Crippen molar-refractivity contribution in [2.45, 2.75) is 31.8 Å². The number of halogens is 1. The molecule has 0 saturated carbocycles. The van der Waals surface area contributed by atoms with Gasteiger partial charge in [0, 0.05) is 21.2 Å². The fraction of sp³-hybridized carbons (Fsp3) is 0.529. The molecule has 2 fully saturated rings. The number of amides is 1. The fourth-order valence-electron chi connectivity index (χ4n) is 3.33. The minimum absolute atomic E-state index is 0.0305. The summed E-state index contributed by atoms with van der Waals surface area (Å²) in [5.41, 5.74) is 1.02. The van der Waals surface area contributed by atoms with E-state index in [9.17, 15) is 13.4 Å². The van der Waals surface area contributed by atoms with Gasteiger partial charge in [-0.05, 0) is 43.4 Å². The minimum Gasteiger partial charge on any atom is -0.442 e. The van der Waals surface area contributed by atoms with Crippen molar-refractivity contribution in [1.29, 1.82) is 4.78 Å². The highest BCUT2D eigenvalue weighted by Crippen LogP contribution is 2.33. The molecule has 9 heteroatoms. The molecular formula is C17H22FN3O3S2. The average Bonchev–Trinajstić information content (AvgIpc) is 2.94. The van der Waals surface area contributed by atoms with E-state index in [0.717, 1.165) is 0 Å². The summed E-state index contributed by atoms with van der Waals surface area (Å²) in [5.74, 6) is 0.211. The monoisotopic (exact) mass is 399 g/mol. The van der Waals surface area contributed by atoms with Gasteiger partial charge in [0.1, 0.15) is 11.9 Å². The number of hydrogen-bond acceptors (Lipinski definition) is 5. The third-order valence-electron chi connectivity index (χ3n) is 4.78. The summed E-state index contributed by atoms with van der Waals surface area (Å²) in [4.78, 5) is 14.1. The van der Waals surface area contributed by atoms with Gasteiger partial charge in [-0.25, -0.2) is 13.4 Å². The second-order valence-electron chi connectivity index (χ2n) is 6.75. The number of carbonyl (C=O) groups excluding carboxylic acids is 1. The Hall–Kier alpha value is -1.74. The maximum Gasteiger partial charge on any atom is 0.414 e. The van der Waals surface area contributed by atoms with Gasteiger partial charge in [-0.15, -0.1) is 0 Å². The Morgan fingerprint density at radius 2 is 2.15 bits per heavy atom. The molecule has 2 heterocycles. The highest BCUT2D eigenvalue weighted by atomic mass is 32.2. The molecule has 0 aliphatic carbocycles. The largest absolute Gasteiger partial charge is 0.442 e. The first kappa shape index (κ1) is 19.0. The summed E-state index contributed by atoms with van der Waals surface area (Å²) in [7, 11) is -2.49. The number of carbonyl (C=O) groups is 1. The highest BCUT2D eigenvalue weighted by molar-refractivity contribution is 7.92. The Bertz CT molecular complexity index is 815. The van der Waals surface area contributed by atoms with Crippen molar-refractivity contribution in [3.63, 3.8) is 0 Å². The quantitative estimate of drug-likeness (QED) is 0.761. The lowest BCUT2D eigenvalue weighted by atomic mass is 9.93. The van der Waals surface area contributed by atoms with Crippen LogP contribution >= 0.6 is 12.2 Å². The molecule has 0 radical (unpaired) electrons. The van der Waals surface area contributed by atoms with E-state index in [0.29, 0.717) is 53.7 Å². The molecule has 0 unspecified atom stereocenters. The summed E-state index contributed by atoms with van der Waals surface area (Å²) < 4.78 is 39.3. The van der Waals surface area contributed by atoms with Crippen LogP contribution in [-0.2, 0) is 14.5 Å². The molecule has 0 spiro atoms. The van der Waals surface area contributed by atoms with Crippen LogP contribution in [0.2, 0.25) is 0 Å². The predicted octanol–water partition coefficient (Wildman–Crippen LogP) is 3.01. The van der Waals surface area contributed by atoms with Gasteiger partial charge in [-0.3, -0.25) is 9.68 Å². The third-order valence-corrected chi connectivity index (χ3v) is 6.72. The highest BCUT2D eigenvalue weighted by Gasteiger charge is 2.33. The molecule has 2 N–H and O–H groups in total. The number of nitrogens with one attached hydrogen (secondary N) is 2. The topological polar surface area (TPSA) is 82.5 Å². The number of nitrogens with zero attached hydrogens (tertiary/aromatic N) is 1. The first-order valence-electron chi connectivity index (χ1n) is 8.51. The number of benzene rings is 1. The molecular weight excluding hydrogens is 377 g/mol. The van der Waals surface area contributed by atoms with E-state index in [1.165, 1.54) is 11.0 Å². The maximum absolute atomic E-state index is 14.6. The summed E-state index contributed by atoms with van der Waals surface area (Å²) in [6.45, 7) is 2.51.